The van der Waals surface area contributed by atoms with Crippen molar-refractivity contribution < 1.29 is 14.3 Å². The fourth-order valence-electron chi connectivity index (χ4n) is 2.10. The third-order valence-electron chi connectivity index (χ3n) is 3.28. The lowest BCUT2D eigenvalue weighted by Gasteiger charge is -2.20. The van der Waals surface area contributed by atoms with E-state index >= 15 is 0 Å². The molecule has 0 spiro atoms. The van der Waals surface area contributed by atoms with E-state index in [2.05, 4.69) is 6.92 Å². The average molecular weight is 291 g/mol. The second-order valence-electron chi connectivity index (χ2n) is 5.08. The summed E-state index contributed by atoms with van der Waals surface area (Å²) >= 11 is 0. The summed E-state index contributed by atoms with van der Waals surface area (Å²) in [6, 6.07) is 7.53. The molecule has 0 saturated heterocycles. The van der Waals surface area contributed by atoms with Crippen LogP contribution in [0.25, 0.3) is 0 Å². The number of hydrogen-bond donors (Lipinski definition) is 0. The minimum Gasteiger partial charge on any atom is -0.459 e. The maximum absolute atomic E-state index is 12.2. The molecular weight excluding hydrogens is 266 g/mol. The second-order valence-corrected chi connectivity index (χ2v) is 5.08. The van der Waals surface area contributed by atoms with Gasteiger partial charge in [-0.2, -0.15) is 0 Å². The highest BCUT2D eigenvalue weighted by Gasteiger charge is 2.23. The first kappa shape index (κ1) is 17.2. The summed E-state index contributed by atoms with van der Waals surface area (Å²) in [4.78, 5) is 25.4. The summed E-state index contributed by atoms with van der Waals surface area (Å²) in [5, 5.41) is 0. The zero-order chi connectivity index (χ0) is 15.7. The highest BCUT2D eigenvalue weighted by atomic mass is 16.5. The SMILES string of the molecule is CCCCCCOC(=O)C(=O)N(CC)c1cccc(C)c1. The van der Waals surface area contributed by atoms with E-state index in [-0.39, 0.29) is 0 Å². The summed E-state index contributed by atoms with van der Waals surface area (Å²) in [5.41, 5.74) is 1.78. The van der Waals surface area contributed by atoms with Gasteiger partial charge in [0, 0.05) is 12.2 Å². The van der Waals surface area contributed by atoms with Crippen LogP contribution in [0.1, 0.15) is 45.1 Å². The zero-order valence-corrected chi connectivity index (χ0v) is 13.2. The van der Waals surface area contributed by atoms with E-state index in [0.717, 1.165) is 36.9 Å². The molecular formula is C17H25NO3. The Morgan fingerprint density at radius 1 is 1.14 bits per heavy atom. The van der Waals surface area contributed by atoms with Crippen molar-refractivity contribution in [2.24, 2.45) is 0 Å². The monoisotopic (exact) mass is 291 g/mol. The molecule has 0 unspecified atom stereocenters. The molecule has 0 saturated carbocycles. The average Bonchev–Trinajstić information content (AvgIpc) is 2.47. The predicted octanol–water partition coefficient (Wildman–Crippen LogP) is 3.47. The minimum atomic E-state index is -0.769. The number of aryl methyl sites for hydroxylation is 1. The molecule has 116 valence electrons. The number of carbonyl (C=O) groups is 2. The predicted molar refractivity (Wildman–Crippen MR) is 84.3 cm³/mol. The fourth-order valence-corrected chi connectivity index (χ4v) is 2.10. The zero-order valence-electron chi connectivity index (χ0n) is 13.2. The molecule has 4 nitrogen and oxygen atoms in total. The molecule has 1 aromatic carbocycles. The molecule has 0 aromatic heterocycles. The maximum atomic E-state index is 12.2. The van der Waals surface area contributed by atoms with Crippen LogP contribution in [0, 0.1) is 6.92 Å². The third kappa shape index (κ3) is 5.58. The molecule has 0 aliphatic carbocycles. The number of amides is 1. The van der Waals surface area contributed by atoms with Gasteiger partial charge in [0.15, 0.2) is 0 Å². The number of esters is 1. The molecule has 0 N–H and O–H groups in total. The van der Waals surface area contributed by atoms with E-state index in [1.807, 2.05) is 38.1 Å². The van der Waals surface area contributed by atoms with Gasteiger partial charge in [0.05, 0.1) is 6.61 Å². The van der Waals surface area contributed by atoms with Crippen molar-refractivity contribution in [1.29, 1.82) is 0 Å². The van der Waals surface area contributed by atoms with Crippen LogP contribution in [0.5, 0.6) is 0 Å². The van der Waals surface area contributed by atoms with Crippen LogP contribution >= 0.6 is 0 Å². The minimum absolute atomic E-state index is 0.315. The Hall–Kier alpha value is -1.84. The van der Waals surface area contributed by atoms with Crippen molar-refractivity contribution in [1.82, 2.24) is 0 Å². The van der Waals surface area contributed by atoms with E-state index in [4.69, 9.17) is 4.74 Å². The van der Waals surface area contributed by atoms with Crippen LogP contribution in [0.4, 0.5) is 5.69 Å². The largest absolute Gasteiger partial charge is 0.459 e. The second kappa shape index (κ2) is 9.16. The molecule has 21 heavy (non-hydrogen) atoms. The molecule has 0 heterocycles. The molecule has 0 fully saturated rings. The first-order valence-corrected chi connectivity index (χ1v) is 7.65. The molecule has 0 bridgehead atoms. The fraction of sp³-hybridized carbons (Fsp3) is 0.529. The van der Waals surface area contributed by atoms with Crippen LogP contribution in [-0.2, 0) is 14.3 Å². The topological polar surface area (TPSA) is 46.6 Å². The Morgan fingerprint density at radius 2 is 1.90 bits per heavy atom. The summed E-state index contributed by atoms with van der Waals surface area (Å²) in [6.45, 7) is 6.67. The number of unbranched alkanes of at least 4 members (excludes halogenated alkanes) is 3. The van der Waals surface area contributed by atoms with E-state index in [0.29, 0.717) is 13.2 Å². The molecule has 4 heteroatoms. The highest BCUT2D eigenvalue weighted by molar-refractivity contribution is 6.38. The number of likely N-dealkylation sites (N-methyl/N-ethyl adjacent to an activating group) is 1. The molecule has 1 aromatic rings. The molecule has 0 aliphatic heterocycles. The smallest absolute Gasteiger partial charge is 0.397 e. The van der Waals surface area contributed by atoms with E-state index < -0.39 is 11.9 Å². The van der Waals surface area contributed by atoms with Crippen LogP contribution in [0.2, 0.25) is 0 Å². The van der Waals surface area contributed by atoms with Crippen LogP contribution < -0.4 is 4.90 Å². The molecule has 1 amide bonds. The summed E-state index contributed by atoms with van der Waals surface area (Å²) < 4.78 is 5.05. The van der Waals surface area contributed by atoms with Gasteiger partial charge in [-0.1, -0.05) is 38.3 Å². The van der Waals surface area contributed by atoms with Gasteiger partial charge in [-0.3, -0.25) is 4.79 Å². The standard InChI is InChI=1S/C17H25NO3/c1-4-6-7-8-12-21-17(20)16(19)18(5-2)15-11-9-10-14(3)13-15/h9-11,13H,4-8,12H2,1-3H3. The van der Waals surface area contributed by atoms with E-state index in [9.17, 15) is 9.59 Å². The van der Waals surface area contributed by atoms with Crippen molar-refractivity contribution in [3.8, 4) is 0 Å². The lowest BCUT2D eigenvalue weighted by atomic mass is 10.2. The molecule has 0 aliphatic rings. The first-order chi connectivity index (χ1) is 10.1. The summed E-state index contributed by atoms with van der Waals surface area (Å²) in [7, 11) is 0. The molecule has 0 radical (unpaired) electrons. The van der Waals surface area contributed by atoms with Gasteiger partial charge in [0.2, 0.25) is 0 Å². The van der Waals surface area contributed by atoms with Crippen LogP contribution in [-0.4, -0.2) is 25.0 Å². The Morgan fingerprint density at radius 3 is 2.52 bits per heavy atom. The Bertz CT molecular complexity index is 471. The van der Waals surface area contributed by atoms with Gasteiger partial charge >= 0.3 is 11.9 Å². The van der Waals surface area contributed by atoms with E-state index in [1.54, 1.807) is 0 Å². The van der Waals surface area contributed by atoms with Crippen molar-refractivity contribution in [3.63, 3.8) is 0 Å². The number of nitrogens with zero attached hydrogens (tertiary/aromatic N) is 1. The van der Waals surface area contributed by atoms with Gasteiger partial charge in [-0.25, -0.2) is 4.79 Å². The van der Waals surface area contributed by atoms with Gasteiger partial charge < -0.3 is 9.64 Å². The van der Waals surface area contributed by atoms with Crippen molar-refractivity contribution >= 4 is 17.6 Å². The number of anilines is 1. The highest BCUT2D eigenvalue weighted by Crippen LogP contribution is 2.16. The van der Waals surface area contributed by atoms with Crippen molar-refractivity contribution in [2.45, 2.75) is 46.5 Å². The Labute approximate surface area is 127 Å². The summed E-state index contributed by atoms with van der Waals surface area (Å²) in [5.74, 6) is -1.37. The quantitative estimate of drug-likeness (QED) is 0.439. The lowest BCUT2D eigenvalue weighted by molar-refractivity contribution is -0.153. The van der Waals surface area contributed by atoms with Gasteiger partial charge in [0.1, 0.15) is 0 Å². The van der Waals surface area contributed by atoms with Crippen LogP contribution in [0.15, 0.2) is 24.3 Å². The van der Waals surface area contributed by atoms with Crippen LogP contribution in [0.3, 0.4) is 0 Å². The third-order valence-corrected chi connectivity index (χ3v) is 3.28. The number of rotatable bonds is 7. The van der Waals surface area contributed by atoms with E-state index in [1.165, 1.54) is 4.90 Å². The Kier molecular flexibility index (Phi) is 7.51. The maximum Gasteiger partial charge on any atom is 0.397 e. The summed E-state index contributed by atoms with van der Waals surface area (Å²) in [6.07, 6.45) is 4.08. The first-order valence-electron chi connectivity index (χ1n) is 7.65. The number of hydrogen-bond acceptors (Lipinski definition) is 3. The number of ether oxygens (including phenoxy) is 1. The lowest BCUT2D eigenvalue weighted by Crippen LogP contribution is -2.37. The van der Waals surface area contributed by atoms with Gasteiger partial charge in [-0.05, 0) is 38.0 Å². The molecule has 1 rings (SSSR count). The Balaban J connectivity index is 2.56. The van der Waals surface area contributed by atoms with Gasteiger partial charge in [0.25, 0.3) is 0 Å². The number of carbonyl (C=O) groups excluding carboxylic acids is 2. The van der Waals surface area contributed by atoms with Crippen molar-refractivity contribution in [3.05, 3.63) is 29.8 Å². The van der Waals surface area contributed by atoms with Gasteiger partial charge in [-0.15, -0.1) is 0 Å². The molecule has 0 atom stereocenters. The van der Waals surface area contributed by atoms with Crippen molar-refractivity contribution in [2.75, 3.05) is 18.1 Å². The normalized spacial score (nSPS) is 10.2. The number of benzene rings is 1.